The fraction of sp³-hybridized carbons (Fsp3) is 0. The smallest absolute Gasteiger partial charge is 0.0992 e. The Morgan fingerprint density at radius 1 is 0.559 bits per heavy atom. The van der Waals surface area contributed by atoms with Gasteiger partial charge in [0.2, 0.25) is 0 Å². The van der Waals surface area contributed by atoms with Gasteiger partial charge >= 0.3 is 0 Å². The van der Waals surface area contributed by atoms with Gasteiger partial charge in [0.25, 0.3) is 0 Å². The molecule has 0 saturated heterocycles. The molecule has 0 amide bonds. The largest absolute Gasteiger partial charge is 0.306 e. The minimum atomic E-state index is 0.592. The van der Waals surface area contributed by atoms with Crippen molar-refractivity contribution in [2.45, 2.75) is 0 Å². The first-order valence-corrected chi connectivity index (χ1v) is 11.1. The molecule has 6 rings (SSSR count). The highest BCUT2D eigenvalue weighted by molar-refractivity contribution is 6.03. The molecular formula is C30H20N4. The van der Waals surface area contributed by atoms with Crippen molar-refractivity contribution in [1.82, 2.24) is 4.98 Å². The Kier molecular flexibility index (Phi) is 4.79. The van der Waals surface area contributed by atoms with E-state index in [1.165, 1.54) is 0 Å². The number of hydrogen-bond donors (Lipinski definition) is 0. The van der Waals surface area contributed by atoms with Crippen LogP contribution in [0.1, 0.15) is 5.56 Å². The van der Waals surface area contributed by atoms with Gasteiger partial charge in [-0.1, -0.05) is 60.7 Å². The Morgan fingerprint density at radius 2 is 1.09 bits per heavy atom. The van der Waals surface area contributed by atoms with Gasteiger partial charge in [-0.25, -0.2) is 0 Å². The number of nitrogens with zero attached hydrogens (tertiary/aromatic N) is 4. The van der Waals surface area contributed by atoms with E-state index in [0.717, 1.165) is 45.4 Å². The molecule has 160 valence electrons. The molecule has 0 aliphatic carbocycles. The summed E-state index contributed by atoms with van der Waals surface area (Å²) in [6, 6.07) is 41.4. The van der Waals surface area contributed by atoms with Gasteiger partial charge in [0.05, 0.1) is 45.8 Å². The van der Waals surface area contributed by atoms with Crippen molar-refractivity contribution in [3.05, 3.63) is 127 Å². The molecule has 34 heavy (non-hydrogen) atoms. The van der Waals surface area contributed by atoms with Crippen LogP contribution >= 0.6 is 0 Å². The summed E-state index contributed by atoms with van der Waals surface area (Å²) in [7, 11) is 0. The number of hydrogen-bond acceptors (Lipinski definition) is 4. The quantitative estimate of drug-likeness (QED) is 0.283. The zero-order chi connectivity index (χ0) is 22.9. The second-order valence-electron chi connectivity index (χ2n) is 8.04. The van der Waals surface area contributed by atoms with Crippen LogP contribution in [0.25, 0.3) is 11.3 Å². The van der Waals surface area contributed by atoms with Crippen LogP contribution in [0.4, 0.5) is 34.1 Å². The molecule has 5 aromatic rings. The van der Waals surface area contributed by atoms with Gasteiger partial charge in [0.15, 0.2) is 0 Å². The summed E-state index contributed by atoms with van der Waals surface area (Å²) < 4.78 is 0. The highest BCUT2D eigenvalue weighted by Crippen LogP contribution is 2.55. The van der Waals surface area contributed by atoms with Crippen LogP contribution in [0, 0.1) is 11.3 Å². The third-order valence-electron chi connectivity index (χ3n) is 6.05. The maximum Gasteiger partial charge on any atom is 0.0992 e. The van der Waals surface area contributed by atoms with Crippen LogP contribution in [0.3, 0.4) is 0 Å². The predicted octanol–water partition coefficient (Wildman–Crippen LogP) is 7.87. The van der Waals surface area contributed by atoms with Crippen molar-refractivity contribution in [3.8, 4) is 17.3 Å². The summed E-state index contributed by atoms with van der Waals surface area (Å²) in [5, 5.41) is 9.43. The average molecular weight is 437 g/mol. The van der Waals surface area contributed by atoms with Crippen molar-refractivity contribution in [1.29, 1.82) is 5.26 Å². The number of benzene rings is 4. The lowest BCUT2D eigenvalue weighted by Crippen LogP contribution is -2.24. The fourth-order valence-electron chi connectivity index (χ4n) is 4.59. The molecule has 4 nitrogen and oxygen atoms in total. The summed E-state index contributed by atoms with van der Waals surface area (Å²) in [6.45, 7) is 0. The molecule has 0 bridgehead atoms. The topological polar surface area (TPSA) is 43.2 Å². The number of para-hydroxylation sites is 6. The first-order chi connectivity index (χ1) is 16.8. The molecule has 0 atom stereocenters. The van der Waals surface area contributed by atoms with Gasteiger partial charge in [-0.15, -0.1) is 0 Å². The van der Waals surface area contributed by atoms with E-state index in [2.05, 4.69) is 106 Å². The molecule has 0 spiro atoms. The molecule has 0 fully saturated rings. The number of pyridine rings is 1. The summed E-state index contributed by atoms with van der Waals surface area (Å²) in [5.74, 6) is 0. The van der Waals surface area contributed by atoms with Gasteiger partial charge in [-0.05, 0) is 54.6 Å². The maximum absolute atomic E-state index is 9.43. The third-order valence-corrected chi connectivity index (χ3v) is 6.05. The van der Waals surface area contributed by atoms with E-state index >= 15 is 0 Å². The van der Waals surface area contributed by atoms with Crippen LogP contribution < -0.4 is 9.80 Å². The average Bonchev–Trinajstić information content (AvgIpc) is 2.92. The Bertz CT molecular complexity index is 1490. The van der Waals surface area contributed by atoms with E-state index in [1.807, 2.05) is 24.3 Å². The zero-order valence-electron chi connectivity index (χ0n) is 18.3. The number of rotatable bonds is 3. The van der Waals surface area contributed by atoms with Gasteiger partial charge in [0.1, 0.15) is 0 Å². The molecule has 1 aromatic heterocycles. The molecule has 4 aromatic carbocycles. The van der Waals surface area contributed by atoms with Crippen LogP contribution in [0.2, 0.25) is 0 Å². The fourth-order valence-corrected chi connectivity index (χ4v) is 4.59. The summed E-state index contributed by atoms with van der Waals surface area (Å²) in [5.41, 5.74) is 8.81. The molecule has 1 aliphatic heterocycles. The summed E-state index contributed by atoms with van der Waals surface area (Å²) in [4.78, 5) is 9.20. The first-order valence-electron chi connectivity index (χ1n) is 11.1. The second-order valence-corrected chi connectivity index (χ2v) is 8.04. The lowest BCUT2D eigenvalue weighted by atomic mass is 10.0. The van der Waals surface area contributed by atoms with E-state index in [0.29, 0.717) is 5.56 Å². The van der Waals surface area contributed by atoms with Crippen LogP contribution in [0.5, 0.6) is 0 Å². The van der Waals surface area contributed by atoms with Gasteiger partial charge in [0, 0.05) is 17.4 Å². The van der Waals surface area contributed by atoms with E-state index in [1.54, 1.807) is 12.3 Å². The van der Waals surface area contributed by atoms with E-state index in [4.69, 9.17) is 0 Å². The molecular weight excluding hydrogens is 416 g/mol. The molecule has 0 radical (unpaired) electrons. The monoisotopic (exact) mass is 436 g/mol. The minimum absolute atomic E-state index is 0.592. The summed E-state index contributed by atoms with van der Waals surface area (Å²) in [6.07, 6.45) is 1.69. The molecule has 2 heterocycles. The normalized spacial score (nSPS) is 12.0. The number of fused-ring (bicyclic) bond motifs is 2. The highest BCUT2D eigenvalue weighted by atomic mass is 15.3. The van der Waals surface area contributed by atoms with Crippen molar-refractivity contribution >= 4 is 34.1 Å². The minimum Gasteiger partial charge on any atom is -0.306 e. The van der Waals surface area contributed by atoms with Crippen LogP contribution in [-0.4, -0.2) is 4.98 Å². The van der Waals surface area contributed by atoms with E-state index in [9.17, 15) is 5.26 Å². The van der Waals surface area contributed by atoms with Crippen molar-refractivity contribution < 1.29 is 0 Å². The van der Waals surface area contributed by atoms with Gasteiger partial charge in [-0.3, -0.25) is 4.98 Å². The SMILES string of the molecule is N#Cc1ccnc(-c2ccccc2N2c3ccccc3N(c3ccccc3)c3ccccc32)c1. The first kappa shape index (κ1) is 19.8. The van der Waals surface area contributed by atoms with E-state index in [-0.39, 0.29) is 0 Å². The Balaban J connectivity index is 1.61. The molecule has 0 N–H and O–H groups in total. The molecule has 1 aliphatic rings. The lowest BCUT2D eigenvalue weighted by Gasteiger charge is -2.40. The van der Waals surface area contributed by atoms with Crippen molar-refractivity contribution in [3.63, 3.8) is 0 Å². The number of nitriles is 1. The van der Waals surface area contributed by atoms with Gasteiger partial charge in [-0.2, -0.15) is 5.26 Å². The second kappa shape index (κ2) is 8.23. The van der Waals surface area contributed by atoms with Crippen molar-refractivity contribution in [2.24, 2.45) is 0 Å². The van der Waals surface area contributed by atoms with Crippen LogP contribution in [-0.2, 0) is 0 Å². The lowest BCUT2D eigenvalue weighted by molar-refractivity contribution is 1.17. The molecule has 0 unspecified atom stereocenters. The Hall–Kier alpha value is -4.88. The number of aromatic nitrogens is 1. The van der Waals surface area contributed by atoms with E-state index < -0.39 is 0 Å². The molecule has 4 heteroatoms. The van der Waals surface area contributed by atoms with Crippen LogP contribution in [0.15, 0.2) is 121 Å². The van der Waals surface area contributed by atoms with Crippen molar-refractivity contribution in [2.75, 3.05) is 9.80 Å². The predicted molar refractivity (Wildman–Crippen MR) is 137 cm³/mol. The maximum atomic E-state index is 9.43. The standard InChI is InChI=1S/C30H20N4/c31-21-22-18-19-32-25(20-22)24-12-4-5-13-26(24)34-29-16-8-6-14-27(29)33(23-10-2-1-3-11-23)28-15-7-9-17-30(28)34/h1-20H. The Morgan fingerprint density at radius 3 is 1.71 bits per heavy atom. The Labute approximate surface area is 198 Å². The third kappa shape index (κ3) is 3.19. The highest BCUT2D eigenvalue weighted by Gasteiger charge is 2.31. The summed E-state index contributed by atoms with van der Waals surface area (Å²) >= 11 is 0. The number of anilines is 6. The zero-order valence-corrected chi connectivity index (χ0v) is 18.3. The van der Waals surface area contributed by atoms with Gasteiger partial charge < -0.3 is 9.80 Å². The molecule has 0 saturated carbocycles.